The molecule has 0 saturated heterocycles. The van der Waals surface area contributed by atoms with Gasteiger partial charge in [-0.15, -0.1) is 0 Å². The molecule has 104 valence electrons. The van der Waals surface area contributed by atoms with Crippen LogP contribution in [-0.4, -0.2) is 17.9 Å². The third kappa shape index (κ3) is 3.36. The van der Waals surface area contributed by atoms with Crippen LogP contribution < -0.4 is 10.6 Å². The summed E-state index contributed by atoms with van der Waals surface area (Å²) in [5.74, 6) is 0.770. The number of aryl methyl sites for hydroxylation is 1. The van der Waals surface area contributed by atoms with Crippen LogP contribution >= 0.6 is 15.9 Å². The summed E-state index contributed by atoms with van der Waals surface area (Å²) in [7, 11) is 1.95. The average Bonchev–Trinajstić information content (AvgIpc) is 2.38. The Kier molecular flexibility index (Phi) is 4.39. The van der Waals surface area contributed by atoms with Gasteiger partial charge in [-0.2, -0.15) is 0 Å². The lowest BCUT2D eigenvalue weighted by atomic mass is 10.1. The molecule has 2 rings (SSSR count). The lowest BCUT2D eigenvalue weighted by molar-refractivity contribution is 0.889. The summed E-state index contributed by atoms with van der Waals surface area (Å²) in [6.45, 7) is 2.64. The van der Waals surface area contributed by atoms with Gasteiger partial charge in [-0.3, -0.25) is 5.41 Å². The quantitative estimate of drug-likeness (QED) is 0.667. The van der Waals surface area contributed by atoms with Gasteiger partial charge < -0.3 is 10.6 Å². The molecule has 0 aliphatic rings. The first-order chi connectivity index (χ1) is 9.47. The first kappa shape index (κ1) is 14.5. The fraction of sp³-hybridized carbons (Fsp3) is 0.200. The first-order valence-corrected chi connectivity index (χ1v) is 7.04. The molecule has 20 heavy (non-hydrogen) atoms. The molecular formula is C15H17BrN4. The molecule has 5 heteroatoms. The molecule has 0 radical (unpaired) electrons. The van der Waals surface area contributed by atoms with Gasteiger partial charge in [0, 0.05) is 23.8 Å². The lowest BCUT2D eigenvalue weighted by Gasteiger charge is -2.21. The van der Waals surface area contributed by atoms with E-state index in [1.807, 2.05) is 43.1 Å². The van der Waals surface area contributed by atoms with Gasteiger partial charge in [0.05, 0.1) is 5.56 Å². The number of nitrogens with two attached hydrogens (primary N) is 1. The van der Waals surface area contributed by atoms with E-state index in [-0.39, 0.29) is 5.84 Å². The smallest absolute Gasteiger partial charge is 0.139 e. The fourth-order valence-electron chi connectivity index (χ4n) is 2.03. The molecule has 0 aliphatic carbocycles. The molecule has 0 aliphatic heterocycles. The number of nitrogens with zero attached hydrogens (tertiary/aromatic N) is 2. The number of aromatic nitrogens is 1. The van der Waals surface area contributed by atoms with Crippen LogP contribution in [0.3, 0.4) is 0 Å². The molecule has 0 amide bonds. The van der Waals surface area contributed by atoms with Crippen molar-refractivity contribution < 1.29 is 0 Å². The Morgan fingerprint density at radius 2 is 2.10 bits per heavy atom. The first-order valence-electron chi connectivity index (χ1n) is 6.25. The topological polar surface area (TPSA) is 66.0 Å². The summed E-state index contributed by atoms with van der Waals surface area (Å²) < 4.78 is 1.05. The summed E-state index contributed by atoms with van der Waals surface area (Å²) >= 11 is 3.47. The largest absolute Gasteiger partial charge is 0.384 e. The van der Waals surface area contributed by atoms with Crippen molar-refractivity contribution in [3.63, 3.8) is 0 Å². The van der Waals surface area contributed by atoms with Crippen LogP contribution in [0.4, 0.5) is 5.82 Å². The summed E-state index contributed by atoms with van der Waals surface area (Å²) in [5.41, 5.74) is 8.36. The number of hydrogen-bond donors (Lipinski definition) is 2. The third-order valence-electron chi connectivity index (χ3n) is 2.97. The zero-order valence-corrected chi connectivity index (χ0v) is 13.1. The van der Waals surface area contributed by atoms with E-state index >= 15 is 0 Å². The maximum Gasteiger partial charge on any atom is 0.139 e. The second-order valence-corrected chi connectivity index (χ2v) is 5.64. The van der Waals surface area contributed by atoms with Crippen LogP contribution in [0.1, 0.15) is 16.8 Å². The molecule has 3 N–H and O–H groups in total. The molecule has 4 nitrogen and oxygen atoms in total. The van der Waals surface area contributed by atoms with Gasteiger partial charge in [0.25, 0.3) is 0 Å². The zero-order chi connectivity index (χ0) is 14.7. The Morgan fingerprint density at radius 3 is 2.75 bits per heavy atom. The highest BCUT2D eigenvalue weighted by molar-refractivity contribution is 9.10. The zero-order valence-electron chi connectivity index (χ0n) is 11.5. The van der Waals surface area contributed by atoms with Crippen molar-refractivity contribution in [2.24, 2.45) is 5.73 Å². The maximum atomic E-state index is 7.66. The number of rotatable bonds is 4. The molecule has 0 atom stereocenters. The minimum Gasteiger partial charge on any atom is -0.384 e. The van der Waals surface area contributed by atoms with Gasteiger partial charge in [-0.1, -0.05) is 28.1 Å². The number of benzene rings is 1. The SMILES string of the molecule is Cc1ccc(C(=N)N)c(N(C)Cc2cccc(Br)c2)n1. The van der Waals surface area contributed by atoms with Crippen LogP contribution in [0.15, 0.2) is 40.9 Å². The van der Waals surface area contributed by atoms with Crippen molar-refractivity contribution in [3.05, 3.63) is 57.7 Å². The lowest BCUT2D eigenvalue weighted by Crippen LogP contribution is -2.23. The maximum absolute atomic E-state index is 7.66. The van der Waals surface area contributed by atoms with Crippen molar-refractivity contribution in [1.82, 2.24) is 4.98 Å². The van der Waals surface area contributed by atoms with E-state index in [4.69, 9.17) is 11.1 Å². The van der Waals surface area contributed by atoms with Crippen LogP contribution in [0.2, 0.25) is 0 Å². The van der Waals surface area contributed by atoms with Crippen LogP contribution in [0.25, 0.3) is 0 Å². The Morgan fingerprint density at radius 1 is 1.35 bits per heavy atom. The Hall–Kier alpha value is -1.88. The summed E-state index contributed by atoms with van der Waals surface area (Å²) in [6, 6.07) is 11.8. The highest BCUT2D eigenvalue weighted by atomic mass is 79.9. The van der Waals surface area contributed by atoms with E-state index in [1.165, 1.54) is 5.56 Å². The Bertz CT molecular complexity index is 640. The van der Waals surface area contributed by atoms with E-state index in [1.54, 1.807) is 0 Å². The van der Waals surface area contributed by atoms with Crippen molar-refractivity contribution >= 4 is 27.6 Å². The number of nitrogen functional groups attached to an aromatic ring is 1. The minimum absolute atomic E-state index is 0.0357. The molecule has 0 fully saturated rings. The average molecular weight is 333 g/mol. The molecule has 0 saturated carbocycles. The van der Waals surface area contributed by atoms with E-state index in [0.29, 0.717) is 12.1 Å². The number of nitrogens with one attached hydrogen (secondary N) is 1. The summed E-state index contributed by atoms with van der Waals surface area (Å²) in [6.07, 6.45) is 0. The third-order valence-corrected chi connectivity index (χ3v) is 3.47. The van der Waals surface area contributed by atoms with E-state index in [0.717, 1.165) is 16.0 Å². The molecule has 2 aromatic rings. The summed E-state index contributed by atoms with van der Waals surface area (Å²) in [4.78, 5) is 6.51. The molecule has 1 heterocycles. The number of amidine groups is 1. The molecule has 1 aromatic carbocycles. The minimum atomic E-state index is 0.0357. The van der Waals surface area contributed by atoms with Gasteiger partial charge >= 0.3 is 0 Å². The molecular weight excluding hydrogens is 316 g/mol. The van der Waals surface area contributed by atoms with Crippen molar-refractivity contribution in [1.29, 1.82) is 5.41 Å². The molecule has 0 bridgehead atoms. The van der Waals surface area contributed by atoms with Crippen molar-refractivity contribution in [2.75, 3.05) is 11.9 Å². The van der Waals surface area contributed by atoms with Gasteiger partial charge in [-0.05, 0) is 36.8 Å². The second-order valence-electron chi connectivity index (χ2n) is 4.72. The normalized spacial score (nSPS) is 10.3. The fourth-order valence-corrected chi connectivity index (χ4v) is 2.47. The molecule has 0 spiro atoms. The Labute approximate surface area is 127 Å². The predicted molar refractivity (Wildman–Crippen MR) is 86.2 cm³/mol. The van der Waals surface area contributed by atoms with Crippen LogP contribution in [0.5, 0.6) is 0 Å². The second kappa shape index (κ2) is 6.05. The molecule has 0 unspecified atom stereocenters. The van der Waals surface area contributed by atoms with Gasteiger partial charge in [-0.25, -0.2) is 4.98 Å². The number of hydrogen-bond acceptors (Lipinski definition) is 3. The summed E-state index contributed by atoms with van der Waals surface area (Å²) in [5, 5.41) is 7.66. The van der Waals surface area contributed by atoms with Gasteiger partial charge in [0.1, 0.15) is 11.7 Å². The van der Waals surface area contributed by atoms with E-state index in [9.17, 15) is 0 Å². The predicted octanol–water partition coefficient (Wildman–Crippen LogP) is 3.07. The number of halogens is 1. The standard InChI is InChI=1S/C15H17BrN4/c1-10-6-7-13(14(17)18)15(19-10)20(2)9-11-4-3-5-12(16)8-11/h3-8H,9H2,1-2H3,(H3,17,18). The number of anilines is 1. The van der Waals surface area contributed by atoms with Crippen molar-refractivity contribution in [2.45, 2.75) is 13.5 Å². The monoisotopic (exact) mass is 332 g/mol. The van der Waals surface area contributed by atoms with Gasteiger partial charge in [0.2, 0.25) is 0 Å². The van der Waals surface area contributed by atoms with Crippen molar-refractivity contribution in [3.8, 4) is 0 Å². The molecule has 1 aromatic heterocycles. The Balaban J connectivity index is 2.31. The van der Waals surface area contributed by atoms with Crippen LogP contribution in [0, 0.1) is 12.3 Å². The number of pyridine rings is 1. The van der Waals surface area contributed by atoms with Crippen LogP contribution in [-0.2, 0) is 6.54 Å². The van der Waals surface area contributed by atoms with E-state index in [2.05, 4.69) is 33.0 Å². The van der Waals surface area contributed by atoms with Gasteiger partial charge in [0.15, 0.2) is 0 Å². The van der Waals surface area contributed by atoms with E-state index < -0.39 is 0 Å². The highest BCUT2D eigenvalue weighted by Gasteiger charge is 2.12. The highest BCUT2D eigenvalue weighted by Crippen LogP contribution is 2.20.